The van der Waals surface area contributed by atoms with Crippen LogP contribution in [0.2, 0.25) is 0 Å². The molecule has 216 valence electrons. The fourth-order valence-corrected chi connectivity index (χ4v) is 4.86. The van der Waals surface area contributed by atoms with Crippen LogP contribution in [0.1, 0.15) is 120 Å². The molecule has 0 aliphatic rings. The van der Waals surface area contributed by atoms with Crippen molar-refractivity contribution in [2.75, 3.05) is 33.8 Å². The van der Waals surface area contributed by atoms with E-state index in [2.05, 4.69) is 21.0 Å². The highest BCUT2D eigenvalue weighted by molar-refractivity contribution is 5.96. The summed E-state index contributed by atoms with van der Waals surface area (Å²) >= 11 is 0. The van der Waals surface area contributed by atoms with Gasteiger partial charge >= 0.3 is 0 Å². The number of quaternary nitrogens is 1. The number of carbonyl (C=O) groups excluding carboxylic acids is 1. The molecule has 2 aromatic carbocycles. The minimum Gasteiger partial charge on any atom is -0.545 e. The van der Waals surface area contributed by atoms with Crippen LogP contribution in [0.3, 0.4) is 0 Å². The number of unbranched alkanes of at least 4 members (excludes halogenated alkanes) is 15. The zero-order valence-corrected chi connectivity index (χ0v) is 24.6. The number of carboxylic acids is 1. The molecular formula is C33H55NO4. The smallest absolute Gasteiger partial charge is 0.125 e. The fourth-order valence-electron chi connectivity index (χ4n) is 4.86. The molecule has 0 fully saturated rings. The summed E-state index contributed by atoms with van der Waals surface area (Å²) in [4.78, 5) is 10.6. The Labute approximate surface area is 232 Å². The summed E-state index contributed by atoms with van der Waals surface area (Å²) < 4.78 is 0.967. The Morgan fingerprint density at radius 2 is 1.13 bits per heavy atom. The highest BCUT2D eigenvalue weighted by atomic mass is 16.4. The topological polar surface area (TPSA) is 80.6 Å². The molecule has 0 saturated carbocycles. The maximum absolute atomic E-state index is 10.6. The molecule has 0 spiro atoms. The SMILES string of the molecule is CCCCCCCCCCCCCCCCCC[N+](C)(C)CCO.O=C([O-])c1cc2ccccc2cc1O. The van der Waals surface area contributed by atoms with Gasteiger partial charge in [-0.1, -0.05) is 121 Å². The maximum Gasteiger partial charge on any atom is 0.125 e. The van der Waals surface area contributed by atoms with Crippen LogP contribution in [0.15, 0.2) is 36.4 Å². The van der Waals surface area contributed by atoms with Crippen molar-refractivity contribution in [1.29, 1.82) is 0 Å². The number of fused-ring (bicyclic) bond motifs is 1. The molecule has 0 bridgehead atoms. The average Bonchev–Trinajstić information content (AvgIpc) is 2.88. The van der Waals surface area contributed by atoms with Gasteiger partial charge in [-0.3, -0.25) is 0 Å². The summed E-state index contributed by atoms with van der Waals surface area (Å²) in [5.41, 5.74) is -0.177. The van der Waals surface area contributed by atoms with Crippen molar-refractivity contribution in [3.05, 3.63) is 42.0 Å². The third-order valence-corrected chi connectivity index (χ3v) is 7.41. The largest absolute Gasteiger partial charge is 0.545 e. The van der Waals surface area contributed by atoms with E-state index < -0.39 is 5.97 Å². The molecule has 0 saturated heterocycles. The van der Waals surface area contributed by atoms with Crippen molar-refractivity contribution >= 4 is 16.7 Å². The lowest BCUT2D eigenvalue weighted by Gasteiger charge is -2.28. The van der Waals surface area contributed by atoms with Gasteiger partial charge in [-0.05, 0) is 35.7 Å². The zero-order valence-electron chi connectivity index (χ0n) is 24.6. The molecule has 0 aromatic heterocycles. The number of likely N-dealkylation sites (N-methyl/N-ethyl adjacent to an activating group) is 1. The standard InChI is InChI=1S/C22H48NO.C11H8O3/c1-4-5-6-7-8-9-10-11-12-13-14-15-16-17-18-19-20-23(2,3)21-22-24;12-10-6-8-4-2-1-3-7(8)5-9(10)11(13)14/h24H,4-22H2,1-3H3;1-6,12H,(H,13,14)/q+1;/p-1. The van der Waals surface area contributed by atoms with Crippen molar-refractivity contribution < 1.29 is 24.6 Å². The normalized spacial score (nSPS) is 11.4. The molecule has 2 N–H and O–H groups in total. The van der Waals surface area contributed by atoms with Crippen molar-refractivity contribution in [1.82, 2.24) is 0 Å². The number of aliphatic hydroxyl groups excluding tert-OH is 1. The van der Waals surface area contributed by atoms with Crippen molar-refractivity contribution in [3.8, 4) is 5.75 Å². The van der Waals surface area contributed by atoms with Gasteiger partial charge in [-0.25, -0.2) is 0 Å². The molecular weight excluding hydrogens is 474 g/mol. The number of carboxylic acid groups (broad SMARTS) is 1. The molecule has 0 atom stereocenters. The van der Waals surface area contributed by atoms with E-state index in [-0.39, 0.29) is 11.3 Å². The average molecular weight is 530 g/mol. The monoisotopic (exact) mass is 529 g/mol. The summed E-state index contributed by atoms with van der Waals surface area (Å²) in [5.74, 6) is -1.63. The first kappa shape index (κ1) is 33.9. The number of benzene rings is 2. The molecule has 2 rings (SSSR count). The molecule has 0 radical (unpaired) electrons. The van der Waals surface area contributed by atoms with Gasteiger partial charge in [0.2, 0.25) is 0 Å². The van der Waals surface area contributed by atoms with Crippen molar-refractivity contribution in [2.45, 2.75) is 110 Å². The quantitative estimate of drug-likeness (QED) is 0.140. The Kier molecular flexibility index (Phi) is 18.6. The first-order valence-electron chi connectivity index (χ1n) is 15.2. The van der Waals surface area contributed by atoms with E-state index in [1.807, 2.05) is 6.07 Å². The van der Waals surface area contributed by atoms with Gasteiger partial charge in [0.1, 0.15) is 12.3 Å². The molecule has 0 aliphatic heterocycles. The summed E-state index contributed by atoms with van der Waals surface area (Å²) in [6.45, 7) is 4.70. The van der Waals surface area contributed by atoms with E-state index in [4.69, 9.17) is 5.11 Å². The van der Waals surface area contributed by atoms with Crippen molar-refractivity contribution in [2.24, 2.45) is 0 Å². The number of phenols is 1. The lowest BCUT2D eigenvalue weighted by molar-refractivity contribution is -0.890. The summed E-state index contributed by atoms with van der Waals surface area (Å²) in [6.07, 6.45) is 22.9. The molecule has 38 heavy (non-hydrogen) atoms. The van der Waals surface area contributed by atoms with Gasteiger partial charge in [0.25, 0.3) is 0 Å². The lowest BCUT2D eigenvalue weighted by Crippen LogP contribution is -2.42. The van der Waals surface area contributed by atoms with Crippen LogP contribution in [-0.4, -0.2) is 54.5 Å². The zero-order chi connectivity index (χ0) is 28.1. The van der Waals surface area contributed by atoms with E-state index in [1.165, 1.54) is 121 Å². The minimum atomic E-state index is -1.37. The van der Waals surface area contributed by atoms with Crippen LogP contribution >= 0.6 is 0 Å². The number of aromatic carboxylic acids is 1. The second kappa shape index (κ2) is 20.8. The number of hydrogen-bond donors (Lipinski definition) is 2. The predicted octanol–water partition coefficient (Wildman–Crippen LogP) is 7.23. The van der Waals surface area contributed by atoms with Gasteiger partial charge in [-0.15, -0.1) is 0 Å². The van der Waals surface area contributed by atoms with Gasteiger partial charge in [-0.2, -0.15) is 0 Å². The van der Waals surface area contributed by atoms with Crippen LogP contribution in [-0.2, 0) is 0 Å². The Morgan fingerprint density at radius 3 is 1.55 bits per heavy atom. The minimum absolute atomic E-state index is 0.177. The molecule has 5 nitrogen and oxygen atoms in total. The van der Waals surface area contributed by atoms with Crippen LogP contribution in [0, 0.1) is 0 Å². The first-order valence-corrected chi connectivity index (χ1v) is 15.2. The number of rotatable bonds is 20. The van der Waals surface area contributed by atoms with Gasteiger partial charge in [0, 0.05) is 5.56 Å². The molecule has 5 heteroatoms. The second-order valence-corrected chi connectivity index (χ2v) is 11.4. The maximum atomic E-state index is 10.6. The molecule has 2 aromatic rings. The van der Waals surface area contributed by atoms with Gasteiger partial charge < -0.3 is 24.6 Å². The third-order valence-electron chi connectivity index (χ3n) is 7.41. The Morgan fingerprint density at radius 1 is 0.711 bits per heavy atom. The molecule has 0 amide bonds. The van der Waals surface area contributed by atoms with Crippen LogP contribution in [0.25, 0.3) is 10.8 Å². The van der Waals surface area contributed by atoms with Gasteiger partial charge in [0.05, 0.1) is 33.2 Å². The Hall–Kier alpha value is -2.11. The third kappa shape index (κ3) is 16.0. The Bertz CT molecular complexity index is 880. The fraction of sp³-hybridized carbons (Fsp3) is 0.667. The van der Waals surface area contributed by atoms with Crippen LogP contribution in [0.5, 0.6) is 5.75 Å². The predicted molar refractivity (Wildman–Crippen MR) is 158 cm³/mol. The van der Waals surface area contributed by atoms with E-state index in [9.17, 15) is 15.0 Å². The van der Waals surface area contributed by atoms with Gasteiger partial charge in [0.15, 0.2) is 0 Å². The number of hydrogen-bond acceptors (Lipinski definition) is 4. The van der Waals surface area contributed by atoms with Crippen molar-refractivity contribution in [3.63, 3.8) is 0 Å². The number of aliphatic hydroxyl groups is 1. The summed E-state index contributed by atoms with van der Waals surface area (Å²) in [5, 5.41) is 30.5. The van der Waals surface area contributed by atoms with Crippen LogP contribution in [0.4, 0.5) is 0 Å². The number of nitrogens with zero attached hydrogens (tertiary/aromatic N) is 1. The highest BCUT2D eigenvalue weighted by Crippen LogP contribution is 2.24. The lowest BCUT2D eigenvalue weighted by atomic mass is 10.0. The van der Waals surface area contributed by atoms with Crippen LogP contribution < -0.4 is 5.11 Å². The second-order valence-electron chi connectivity index (χ2n) is 11.4. The molecule has 0 aliphatic carbocycles. The van der Waals surface area contributed by atoms with E-state index in [0.717, 1.165) is 21.8 Å². The molecule has 0 unspecified atom stereocenters. The Balaban J connectivity index is 0.000000431. The molecule has 0 heterocycles. The highest BCUT2D eigenvalue weighted by Gasteiger charge is 2.12. The van der Waals surface area contributed by atoms with E-state index in [1.54, 1.807) is 18.2 Å². The number of aromatic hydroxyl groups is 1. The van der Waals surface area contributed by atoms with E-state index >= 15 is 0 Å². The van der Waals surface area contributed by atoms with E-state index in [0.29, 0.717) is 6.61 Å². The summed E-state index contributed by atoms with van der Waals surface area (Å²) in [7, 11) is 4.45. The number of carbonyl (C=O) groups is 1. The summed E-state index contributed by atoms with van der Waals surface area (Å²) in [6, 6.07) is 10.0. The first-order chi connectivity index (χ1) is 18.3.